The lowest BCUT2D eigenvalue weighted by Gasteiger charge is -2.22. The Morgan fingerprint density at radius 3 is 2.82 bits per heavy atom. The van der Waals surface area contributed by atoms with Crippen LogP contribution in [0.3, 0.4) is 0 Å². The molecule has 2 saturated heterocycles. The number of hydrogen-bond acceptors (Lipinski definition) is 4. The second-order valence-electron chi connectivity index (χ2n) is 5.86. The minimum absolute atomic E-state index is 0.0639. The fourth-order valence-electron chi connectivity index (χ4n) is 3.16. The summed E-state index contributed by atoms with van der Waals surface area (Å²) >= 11 is 0. The molecule has 1 aromatic rings. The van der Waals surface area contributed by atoms with Crippen molar-refractivity contribution in [2.24, 2.45) is 11.3 Å². The molecule has 2 heterocycles. The van der Waals surface area contributed by atoms with Crippen LogP contribution in [0, 0.1) is 11.3 Å². The Balaban J connectivity index is 1.53. The summed E-state index contributed by atoms with van der Waals surface area (Å²) in [4.78, 5) is 25.4. The molecule has 2 aliphatic heterocycles. The number of nitrogens with zero attached hydrogens (tertiary/aromatic N) is 1. The van der Waals surface area contributed by atoms with Crippen LogP contribution in [0.25, 0.3) is 0 Å². The molecule has 1 amide bonds. The van der Waals surface area contributed by atoms with Crippen molar-refractivity contribution in [2.75, 3.05) is 32.9 Å². The highest BCUT2D eigenvalue weighted by molar-refractivity contribution is 5.81. The summed E-state index contributed by atoms with van der Waals surface area (Å²) in [5.41, 5.74) is -0.921. The Morgan fingerprint density at radius 2 is 2.14 bits per heavy atom. The van der Waals surface area contributed by atoms with Crippen LogP contribution in [-0.2, 0) is 14.3 Å². The van der Waals surface area contributed by atoms with Crippen LogP contribution in [0.2, 0.25) is 0 Å². The van der Waals surface area contributed by atoms with Crippen molar-refractivity contribution < 1.29 is 24.2 Å². The lowest BCUT2D eigenvalue weighted by atomic mass is 9.81. The molecule has 6 heteroatoms. The maximum absolute atomic E-state index is 12.2. The number of likely N-dealkylation sites (tertiary alicyclic amines) is 1. The van der Waals surface area contributed by atoms with Gasteiger partial charge < -0.3 is 19.5 Å². The molecule has 0 aromatic heterocycles. The highest BCUT2D eigenvalue weighted by atomic mass is 16.5. The van der Waals surface area contributed by atoms with Gasteiger partial charge >= 0.3 is 5.97 Å². The molecular formula is C16H19NO5. The largest absolute Gasteiger partial charge is 0.493 e. The van der Waals surface area contributed by atoms with E-state index in [2.05, 4.69) is 0 Å². The third-order valence-corrected chi connectivity index (χ3v) is 4.48. The van der Waals surface area contributed by atoms with E-state index in [9.17, 15) is 14.7 Å². The van der Waals surface area contributed by atoms with Crippen molar-refractivity contribution in [3.63, 3.8) is 0 Å². The lowest BCUT2D eigenvalue weighted by Crippen LogP contribution is -2.40. The monoisotopic (exact) mass is 305 g/mol. The lowest BCUT2D eigenvalue weighted by molar-refractivity contribution is -0.149. The van der Waals surface area contributed by atoms with Crippen LogP contribution in [0.1, 0.15) is 6.42 Å². The van der Waals surface area contributed by atoms with E-state index in [4.69, 9.17) is 9.47 Å². The van der Waals surface area contributed by atoms with Gasteiger partial charge in [0.1, 0.15) is 11.2 Å². The molecule has 118 valence electrons. The number of rotatable bonds is 5. The first kappa shape index (κ1) is 14.8. The molecule has 3 rings (SSSR count). The Morgan fingerprint density at radius 1 is 1.36 bits per heavy atom. The van der Waals surface area contributed by atoms with Crippen molar-refractivity contribution in [3.05, 3.63) is 30.3 Å². The standard InChI is InChI=1S/C16H19NO5/c18-14(6-7-22-13-4-2-1-3-5-13)17-8-12-9-21-11-16(12,10-17)15(19)20/h1-5,12H,6-11H2,(H,19,20)/t12-,16-/m1/s1. The number of para-hydroxylation sites is 1. The maximum atomic E-state index is 12.2. The number of benzene rings is 1. The summed E-state index contributed by atoms with van der Waals surface area (Å²) < 4.78 is 10.8. The smallest absolute Gasteiger partial charge is 0.314 e. The fourth-order valence-corrected chi connectivity index (χ4v) is 3.16. The number of fused-ring (bicyclic) bond motifs is 1. The molecule has 0 bridgehead atoms. The summed E-state index contributed by atoms with van der Waals surface area (Å²) in [7, 11) is 0. The SMILES string of the molecule is O=C(CCOc1ccccc1)N1C[C@@H]2COC[C@]2(C(=O)O)C1. The molecule has 0 saturated carbocycles. The van der Waals surface area contributed by atoms with E-state index in [0.717, 1.165) is 5.75 Å². The zero-order valence-electron chi connectivity index (χ0n) is 12.2. The summed E-state index contributed by atoms with van der Waals surface area (Å²) in [6.45, 7) is 1.59. The van der Waals surface area contributed by atoms with Gasteiger partial charge in [-0.2, -0.15) is 0 Å². The quantitative estimate of drug-likeness (QED) is 0.879. The molecular weight excluding hydrogens is 286 g/mol. The minimum atomic E-state index is -0.921. The number of carboxylic acid groups (broad SMARTS) is 1. The van der Waals surface area contributed by atoms with Gasteiger partial charge in [-0.05, 0) is 12.1 Å². The number of hydrogen-bond donors (Lipinski definition) is 1. The summed E-state index contributed by atoms with van der Waals surface area (Å²) in [6.07, 6.45) is 0.248. The van der Waals surface area contributed by atoms with Crippen LogP contribution >= 0.6 is 0 Å². The van der Waals surface area contributed by atoms with Crippen LogP contribution in [-0.4, -0.2) is 54.8 Å². The minimum Gasteiger partial charge on any atom is -0.493 e. The second kappa shape index (κ2) is 5.96. The van der Waals surface area contributed by atoms with E-state index in [1.54, 1.807) is 4.90 Å². The zero-order chi connectivity index (χ0) is 15.6. The number of aliphatic carboxylic acids is 1. The number of carbonyl (C=O) groups is 2. The van der Waals surface area contributed by atoms with Gasteiger partial charge in [0.05, 0.1) is 26.2 Å². The highest BCUT2D eigenvalue weighted by Crippen LogP contribution is 2.41. The third-order valence-electron chi connectivity index (χ3n) is 4.48. The molecule has 2 aliphatic rings. The molecule has 22 heavy (non-hydrogen) atoms. The van der Waals surface area contributed by atoms with Crippen molar-refractivity contribution in [1.29, 1.82) is 0 Å². The molecule has 1 aromatic carbocycles. The van der Waals surface area contributed by atoms with E-state index in [1.165, 1.54) is 0 Å². The second-order valence-corrected chi connectivity index (χ2v) is 5.86. The summed E-state index contributed by atoms with van der Waals surface area (Å²) in [6, 6.07) is 9.31. The van der Waals surface area contributed by atoms with Gasteiger partial charge in [0.25, 0.3) is 0 Å². The zero-order valence-corrected chi connectivity index (χ0v) is 12.2. The first-order valence-corrected chi connectivity index (χ1v) is 7.38. The predicted octanol–water partition coefficient (Wildman–Crippen LogP) is 1.02. The van der Waals surface area contributed by atoms with Gasteiger partial charge in [0.15, 0.2) is 0 Å². The van der Waals surface area contributed by atoms with Gasteiger partial charge in [-0.15, -0.1) is 0 Å². The molecule has 0 unspecified atom stereocenters. The van der Waals surface area contributed by atoms with Gasteiger partial charge in [-0.25, -0.2) is 0 Å². The molecule has 0 spiro atoms. The normalized spacial score (nSPS) is 26.7. The van der Waals surface area contributed by atoms with E-state index in [1.807, 2.05) is 30.3 Å². The molecule has 0 aliphatic carbocycles. The van der Waals surface area contributed by atoms with Crippen LogP contribution in [0.5, 0.6) is 5.75 Å². The van der Waals surface area contributed by atoms with E-state index in [0.29, 0.717) is 19.8 Å². The number of carbonyl (C=O) groups excluding carboxylic acids is 1. The van der Waals surface area contributed by atoms with E-state index in [-0.39, 0.29) is 31.4 Å². The first-order valence-electron chi connectivity index (χ1n) is 7.38. The van der Waals surface area contributed by atoms with Crippen molar-refractivity contribution in [1.82, 2.24) is 4.90 Å². The average Bonchev–Trinajstić information content (AvgIpc) is 3.06. The van der Waals surface area contributed by atoms with Gasteiger partial charge in [0, 0.05) is 19.0 Å². The van der Waals surface area contributed by atoms with E-state index >= 15 is 0 Å². The van der Waals surface area contributed by atoms with Crippen LogP contribution in [0.4, 0.5) is 0 Å². The van der Waals surface area contributed by atoms with Crippen LogP contribution in [0.15, 0.2) is 30.3 Å². The highest BCUT2D eigenvalue weighted by Gasteiger charge is 2.57. The fraction of sp³-hybridized carbons (Fsp3) is 0.500. The Hall–Kier alpha value is -2.08. The van der Waals surface area contributed by atoms with Crippen molar-refractivity contribution in [2.45, 2.75) is 6.42 Å². The van der Waals surface area contributed by atoms with Gasteiger partial charge in [-0.1, -0.05) is 18.2 Å². The topological polar surface area (TPSA) is 76.1 Å². The molecule has 0 radical (unpaired) electrons. The van der Waals surface area contributed by atoms with E-state index < -0.39 is 11.4 Å². The Bertz CT molecular complexity index is 561. The number of carboxylic acids is 1. The predicted molar refractivity (Wildman–Crippen MR) is 77.5 cm³/mol. The number of amides is 1. The Kier molecular flexibility index (Phi) is 4.02. The van der Waals surface area contributed by atoms with Gasteiger partial charge in [-0.3, -0.25) is 9.59 Å². The molecule has 2 fully saturated rings. The van der Waals surface area contributed by atoms with Crippen molar-refractivity contribution >= 4 is 11.9 Å². The maximum Gasteiger partial charge on any atom is 0.314 e. The third kappa shape index (κ3) is 2.66. The summed E-state index contributed by atoms with van der Waals surface area (Å²) in [5, 5.41) is 9.46. The van der Waals surface area contributed by atoms with Crippen LogP contribution < -0.4 is 4.74 Å². The molecule has 6 nitrogen and oxygen atoms in total. The number of ether oxygens (including phenoxy) is 2. The van der Waals surface area contributed by atoms with Crippen molar-refractivity contribution in [3.8, 4) is 5.75 Å². The average molecular weight is 305 g/mol. The molecule has 2 atom stereocenters. The van der Waals surface area contributed by atoms with Gasteiger partial charge in [0.2, 0.25) is 5.91 Å². The Labute approximate surface area is 128 Å². The molecule has 1 N–H and O–H groups in total. The summed E-state index contributed by atoms with van der Waals surface area (Å²) in [5.74, 6) is -0.315. The first-order chi connectivity index (χ1) is 10.6.